The average molecular weight is 184 g/mol. The summed E-state index contributed by atoms with van der Waals surface area (Å²) in [5.41, 5.74) is 5.22. The van der Waals surface area contributed by atoms with Gasteiger partial charge >= 0.3 is 0 Å². The van der Waals surface area contributed by atoms with Gasteiger partial charge in [-0.3, -0.25) is 4.79 Å². The number of rotatable bonds is 4. The van der Waals surface area contributed by atoms with Crippen LogP contribution in [0.25, 0.3) is 0 Å². The van der Waals surface area contributed by atoms with Crippen LogP contribution in [0.15, 0.2) is 0 Å². The SMILES string of the molecule is NC(=O)C1CCCN(CCC=O)C1. The fraction of sp³-hybridized carbons (Fsp3) is 0.778. The number of aldehydes is 1. The van der Waals surface area contributed by atoms with Crippen LogP contribution in [0.1, 0.15) is 19.3 Å². The Bertz CT molecular complexity index is 194. The molecule has 1 aliphatic rings. The number of nitrogens with zero attached hydrogens (tertiary/aromatic N) is 1. The minimum Gasteiger partial charge on any atom is -0.369 e. The summed E-state index contributed by atoms with van der Waals surface area (Å²) in [6.45, 7) is 2.47. The van der Waals surface area contributed by atoms with Gasteiger partial charge in [0.15, 0.2) is 0 Å². The van der Waals surface area contributed by atoms with Crippen LogP contribution in [-0.2, 0) is 9.59 Å². The van der Waals surface area contributed by atoms with E-state index in [0.717, 1.165) is 38.8 Å². The second-order valence-electron chi connectivity index (χ2n) is 3.50. The Labute approximate surface area is 78.1 Å². The molecule has 0 aromatic rings. The van der Waals surface area contributed by atoms with E-state index in [4.69, 9.17) is 5.73 Å². The van der Waals surface area contributed by atoms with Crippen LogP contribution in [0.5, 0.6) is 0 Å². The standard InChI is InChI=1S/C9H16N2O2/c10-9(13)8-3-1-4-11(7-8)5-2-6-12/h6,8H,1-5,7H2,(H2,10,13). The second kappa shape index (κ2) is 4.97. The molecule has 0 aliphatic carbocycles. The largest absolute Gasteiger partial charge is 0.369 e. The molecule has 0 saturated carbocycles. The van der Waals surface area contributed by atoms with Gasteiger partial charge in [0.1, 0.15) is 6.29 Å². The molecule has 1 amide bonds. The van der Waals surface area contributed by atoms with Gasteiger partial charge in [0.25, 0.3) is 0 Å². The number of hydrogen-bond acceptors (Lipinski definition) is 3. The third kappa shape index (κ3) is 3.14. The van der Waals surface area contributed by atoms with Gasteiger partial charge in [-0.15, -0.1) is 0 Å². The van der Waals surface area contributed by atoms with Gasteiger partial charge in [0.2, 0.25) is 5.91 Å². The Balaban J connectivity index is 2.32. The number of hydrogen-bond donors (Lipinski definition) is 1. The van der Waals surface area contributed by atoms with Gasteiger partial charge < -0.3 is 15.4 Å². The maximum Gasteiger partial charge on any atom is 0.221 e. The molecule has 0 aromatic carbocycles. The zero-order chi connectivity index (χ0) is 9.68. The monoisotopic (exact) mass is 184 g/mol. The van der Waals surface area contributed by atoms with Gasteiger partial charge in [-0.2, -0.15) is 0 Å². The minimum atomic E-state index is -0.212. The van der Waals surface area contributed by atoms with Crippen molar-refractivity contribution in [3.63, 3.8) is 0 Å². The Morgan fingerprint density at radius 2 is 2.38 bits per heavy atom. The number of amides is 1. The van der Waals surface area contributed by atoms with Gasteiger partial charge in [0, 0.05) is 19.5 Å². The van der Waals surface area contributed by atoms with E-state index in [0.29, 0.717) is 6.42 Å². The molecule has 1 unspecified atom stereocenters. The van der Waals surface area contributed by atoms with Gasteiger partial charge in [-0.05, 0) is 19.4 Å². The van der Waals surface area contributed by atoms with Crippen molar-refractivity contribution in [2.45, 2.75) is 19.3 Å². The summed E-state index contributed by atoms with van der Waals surface area (Å²) in [4.78, 5) is 23.2. The van der Waals surface area contributed by atoms with E-state index >= 15 is 0 Å². The summed E-state index contributed by atoms with van der Waals surface area (Å²) in [6, 6.07) is 0. The van der Waals surface area contributed by atoms with E-state index in [1.807, 2.05) is 0 Å². The summed E-state index contributed by atoms with van der Waals surface area (Å²) in [5, 5.41) is 0. The maximum atomic E-state index is 10.9. The van der Waals surface area contributed by atoms with Crippen molar-refractivity contribution in [1.82, 2.24) is 4.90 Å². The van der Waals surface area contributed by atoms with Crippen LogP contribution in [0.4, 0.5) is 0 Å². The van der Waals surface area contributed by atoms with Crippen molar-refractivity contribution >= 4 is 12.2 Å². The van der Waals surface area contributed by atoms with E-state index < -0.39 is 0 Å². The Hall–Kier alpha value is -0.900. The van der Waals surface area contributed by atoms with Gasteiger partial charge in [-0.1, -0.05) is 0 Å². The lowest BCUT2D eigenvalue weighted by Crippen LogP contribution is -2.41. The summed E-state index contributed by atoms with van der Waals surface area (Å²) in [5.74, 6) is -0.226. The van der Waals surface area contributed by atoms with E-state index in [1.54, 1.807) is 0 Å². The van der Waals surface area contributed by atoms with E-state index in [1.165, 1.54) is 0 Å². The predicted molar refractivity (Wildman–Crippen MR) is 49.0 cm³/mol. The van der Waals surface area contributed by atoms with Crippen molar-refractivity contribution in [2.24, 2.45) is 11.7 Å². The molecule has 4 nitrogen and oxygen atoms in total. The lowest BCUT2D eigenvalue weighted by molar-refractivity contribution is -0.123. The lowest BCUT2D eigenvalue weighted by atomic mass is 9.97. The molecular weight excluding hydrogens is 168 g/mol. The number of piperidine rings is 1. The van der Waals surface area contributed by atoms with Crippen LogP contribution in [0.3, 0.4) is 0 Å². The van der Waals surface area contributed by atoms with Gasteiger partial charge in [0.05, 0.1) is 5.92 Å². The molecule has 4 heteroatoms. The topological polar surface area (TPSA) is 63.4 Å². The Morgan fingerprint density at radius 1 is 1.62 bits per heavy atom. The molecule has 1 heterocycles. The molecule has 0 aromatic heterocycles. The van der Waals surface area contributed by atoms with E-state index in [9.17, 15) is 9.59 Å². The number of nitrogens with two attached hydrogens (primary N) is 1. The van der Waals surface area contributed by atoms with Crippen LogP contribution in [0.2, 0.25) is 0 Å². The number of primary amides is 1. The molecular formula is C9H16N2O2. The highest BCUT2D eigenvalue weighted by Gasteiger charge is 2.23. The Morgan fingerprint density at radius 3 is 3.00 bits per heavy atom. The van der Waals surface area contributed by atoms with Crippen molar-refractivity contribution < 1.29 is 9.59 Å². The minimum absolute atomic E-state index is 0.0135. The first-order chi connectivity index (χ1) is 6.24. The molecule has 0 radical (unpaired) electrons. The zero-order valence-corrected chi connectivity index (χ0v) is 7.74. The molecule has 0 bridgehead atoms. The maximum absolute atomic E-state index is 10.9. The summed E-state index contributed by atoms with van der Waals surface area (Å²) in [7, 11) is 0. The molecule has 1 saturated heterocycles. The molecule has 1 aliphatic heterocycles. The molecule has 2 N–H and O–H groups in total. The average Bonchev–Trinajstić information content (AvgIpc) is 2.15. The molecule has 1 atom stereocenters. The highest BCUT2D eigenvalue weighted by molar-refractivity contribution is 5.76. The van der Waals surface area contributed by atoms with Crippen molar-refractivity contribution in [2.75, 3.05) is 19.6 Å². The van der Waals surface area contributed by atoms with E-state index in [2.05, 4.69) is 4.90 Å². The summed E-state index contributed by atoms with van der Waals surface area (Å²) >= 11 is 0. The van der Waals surface area contributed by atoms with Crippen molar-refractivity contribution in [3.8, 4) is 0 Å². The molecule has 1 rings (SSSR count). The second-order valence-corrected chi connectivity index (χ2v) is 3.50. The molecule has 74 valence electrons. The molecule has 1 fully saturated rings. The quantitative estimate of drug-likeness (QED) is 0.614. The first kappa shape index (κ1) is 10.2. The fourth-order valence-electron chi connectivity index (χ4n) is 1.73. The van der Waals surface area contributed by atoms with Crippen LogP contribution >= 0.6 is 0 Å². The summed E-state index contributed by atoms with van der Waals surface area (Å²) in [6.07, 6.45) is 3.36. The van der Waals surface area contributed by atoms with Crippen LogP contribution in [-0.4, -0.2) is 36.7 Å². The lowest BCUT2D eigenvalue weighted by Gasteiger charge is -2.30. The van der Waals surface area contributed by atoms with Crippen LogP contribution in [0, 0.1) is 5.92 Å². The number of likely N-dealkylation sites (tertiary alicyclic amines) is 1. The smallest absolute Gasteiger partial charge is 0.221 e. The third-order valence-corrected chi connectivity index (χ3v) is 2.47. The Kier molecular flexibility index (Phi) is 3.89. The first-order valence-electron chi connectivity index (χ1n) is 4.69. The zero-order valence-electron chi connectivity index (χ0n) is 7.74. The third-order valence-electron chi connectivity index (χ3n) is 2.47. The molecule has 13 heavy (non-hydrogen) atoms. The molecule has 0 spiro atoms. The van der Waals surface area contributed by atoms with Gasteiger partial charge in [-0.25, -0.2) is 0 Å². The highest BCUT2D eigenvalue weighted by atomic mass is 16.1. The highest BCUT2D eigenvalue weighted by Crippen LogP contribution is 2.15. The van der Waals surface area contributed by atoms with Crippen molar-refractivity contribution in [3.05, 3.63) is 0 Å². The summed E-state index contributed by atoms with van der Waals surface area (Å²) < 4.78 is 0. The predicted octanol–water partition coefficient (Wildman–Crippen LogP) is -0.227. The normalized spacial score (nSPS) is 24.2. The first-order valence-corrected chi connectivity index (χ1v) is 4.69. The number of carbonyl (C=O) groups excluding carboxylic acids is 2. The number of carbonyl (C=O) groups is 2. The van der Waals surface area contributed by atoms with E-state index in [-0.39, 0.29) is 11.8 Å². The van der Waals surface area contributed by atoms with Crippen LogP contribution < -0.4 is 5.73 Å². The fourth-order valence-corrected chi connectivity index (χ4v) is 1.73. The van der Waals surface area contributed by atoms with Crippen molar-refractivity contribution in [1.29, 1.82) is 0 Å².